The van der Waals surface area contributed by atoms with Gasteiger partial charge in [-0.2, -0.15) is 15.3 Å². The number of amides is 4. The van der Waals surface area contributed by atoms with Crippen molar-refractivity contribution in [3.63, 3.8) is 0 Å². The van der Waals surface area contributed by atoms with E-state index in [-0.39, 0.29) is 43.5 Å². The van der Waals surface area contributed by atoms with Crippen LogP contribution in [0.2, 0.25) is 0 Å². The van der Waals surface area contributed by atoms with Gasteiger partial charge in [0.25, 0.3) is 5.91 Å². The maximum Gasteiger partial charge on any atom is 0.269 e. The lowest BCUT2D eigenvalue weighted by Crippen LogP contribution is -2.44. The highest BCUT2D eigenvalue weighted by Gasteiger charge is 2.40. The van der Waals surface area contributed by atoms with Gasteiger partial charge in [-0.1, -0.05) is 6.07 Å². The normalized spacial score (nSPS) is 17.9. The monoisotopic (exact) mass is 572 g/mol. The highest BCUT2D eigenvalue weighted by Crippen LogP contribution is 2.29. The summed E-state index contributed by atoms with van der Waals surface area (Å²) in [5, 5.41) is 15.0. The number of likely N-dealkylation sites (tertiary alicyclic amines) is 1. The summed E-state index contributed by atoms with van der Waals surface area (Å²) in [6.07, 6.45) is 2.78. The van der Waals surface area contributed by atoms with Crippen LogP contribution in [0.1, 0.15) is 35.1 Å². The van der Waals surface area contributed by atoms with Crippen LogP contribution >= 0.6 is 0 Å². The number of carbonyl (C=O) groups excluding carboxylic acids is 4. The topological polar surface area (TPSA) is 182 Å². The lowest BCUT2D eigenvalue weighted by atomic mass is 10.0. The minimum Gasteiger partial charge on any atom is -0.364 e. The van der Waals surface area contributed by atoms with Crippen molar-refractivity contribution in [1.29, 1.82) is 0 Å². The minimum atomic E-state index is -1.42. The van der Waals surface area contributed by atoms with Gasteiger partial charge in [-0.05, 0) is 23.8 Å². The Labute approximate surface area is 237 Å². The molecule has 3 aromatic heterocycles. The first-order valence-corrected chi connectivity index (χ1v) is 13.1. The van der Waals surface area contributed by atoms with E-state index in [9.17, 15) is 23.6 Å². The zero-order chi connectivity index (χ0) is 29.5. The molecule has 0 radical (unpaired) electrons. The Balaban J connectivity index is 1.24. The van der Waals surface area contributed by atoms with Gasteiger partial charge < -0.3 is 20.9 Å². The zero-order valence-electron chi connectivity index (χ0n) is 22.4. The standard InChI is InChI=1S/C27H25FN10O4/c1-14(39)36-10-19-20(11-36)30-13-31-26(19)34-27(42)22-7-17(28)9-37(22)23(40)12-38-21-3-2-15(16-4-5-32-33-8-16)6-18(21)24(35-38)25(29)41/h2-6,8,13,17,22H,7,9-12H2,1H3,(H2,29,41)(H,30,31,34,42). The molecule has 1 fully saturated rings. The molecule has 1 aromatic carbocycles. The lowest BCUT2D eigenvalue weighted by Gasteiger charge is -2.24. The summed E-state index contributed by atoms with van der Waals surface area (Å²) in [5.41, 5.74) is 8.72. The number of alkyl halides is 1. The molecule has 1 saturated heterocycles. The third kappa shape index (κ3) is 4.88. The van der Waals surface area contributed by atoms with Gasteiger partial charge in [0, 0.05) is 29.9 Å². The number of nitrogens with two attached hydrogens (primary N) is 1. The van der Waals surface area contributed by atoms with Crippen LogP contribution in [-0.4, -0.2) is 82.1 Å². The van der Waals surface area contributed by atoms with E-state index in [4.69, 9.17) is 5.73 Å². The van der Waals surface area contributed by atoms with Crippen LogP contribution in [0.3, 0.4) is 0 Å². The summed E-state index contributed by atoms with van der Waals surface area (Å²) in [7, 11) is 0. The van der Waals surface area contributed by atoms with Crippen LogP contribution in [0, 0.1) is 0 Å². The first-order valence-electron chi connectivity index (χ1n) is 13.1. The maximum atomic E-state index is 14.6. The third-order valence-electron chi connectivity index (χ3n) is 7.47. The number of nitrogens with one attached hydrogen (secondary N) is 1. The number of hydrogen-bond acceptors (Lipinski definition) is 9. The van der Waals surface area contributed by atoms with Crippen molar-refractivity contribution >= 4 is 40.3 Å². The van der Waals surface area contributed by atoms with Crippen LogP contribution in [0.15, 0.2) is 43.0 Å². The molecule has 14 nitrogen and oxygen atoms in total. The quantitative estimate of drug-likeness (QED) is 0.338. The fourth-order valence-electron chi connectivity index (χ4n) is 5.36. The van der Waals surface area contributed by atoms with Gasteiger partial charge in [-0.15, -0.1) is 0 Å². The molecule has 2 aliphatic heterocycles. The molecular formula is C27H25FN10O4. The van der Waals surface area contributed by atoms with Crippen molar-refractivity contribution in [1.82, 2.24) is 39.7 Å². The van der Waals surface area contributed by atoms with Crippen molar-refractivity contribution in [2.24, 2.45) is 5.73 Å². The van der Waals surface area contributed by atoms with Crippen LogP contribution in [0.25, 0.3) is 22.0 Å². The molecule has 5 heterocycles. The number of halogens is 1. The Kier molecular flexibility index (Phi) is 6.76. The molecule has 2 aliphatic rings. The Morgan fingerprint density at radius 1 is 1.10 bits per heavy atom. The Morgan fingerprint density at radius 2 is 1.93 bits per heavy atom. The third-order valence-corrected chi connectivity index (χ3v) is 7.47. The summed E-state index contributed by atoms with van der Waals surface area (Å²) < 4.78 is 15.9. The average Bonchev–Trinajstić information content (AvgIpc) is 3.69. The van der Waals surface area contributed by atoms with Crippen molar-refractivity contribution in [3.05, 3.63) is 59.9 Å². The molecule has 3 N–H and O–H groups in total. The predicted molar refractivity (Wildman–Crippen MR) is 145 cm³/mol. The number of hydrogen-bond donors (Lipinski definition) is 2. The molecule has 2 atom stereocenters. The van der Waals surface area contributed by atoms with Gasteiger partial charge in [-0.25, -0.2) is 14.4 Å². The second-order valence-electron chi connectivity index (χ2n) is 10.1. The number of fused-ring (bicyclic) bond motifs is 2. The molecule has 4 aromatic rings. The van der Waals surface area contributed by atoms with Crippen molar-refractivity contribution in [2.45, 2.75) is 45.2 Å². The highest BCUT2D eigenvalue weighted by atomic mass is 19.1. The van der Waals surface area contributed by atoms with Gasteiger partial charge in [-0.3, -0.25) is 23.9 Å². The number of benzene rings is 1. The van der Waals surface area contributed by atoms with E-state index >= 15 is 0 Å². The van der Waals surface area contributed by atoms with Crippen molar-refractivity contribution < 1.29 is 23.6 Å². The van der Waals surface area contributed by atoms with E-state index in [1.165, 1.54) is 24.1 Å². The van der Waals surface area contributed by atoms with Crippen LogP contribution in [0.4, 0.5) is 10.2 Å². The first kappa shape index (κ1) is 26.9. The second kappa shape index (κ2) is 10.6. The molecule has 0 aliphatic carbocycles. The number of nitrogens with zero attached hydrogens (tertiary/aromatic N) is 8. The number of primary amides is 1. The first-order chi connectivity index (χ1) is 20.2. The fraction of sp³-hybridized carbons (Fsp3) is 0.296. The molecule has 4 amide bonds. The van der Waals surface area contributed by atoms with Crippen LogP contribution in [0.5, 0.6) is 0 Å². The lowest BCUT2D eigenvalue weighted by molar-refractivity contribution is -0.137. The fourth-order valence-corrected chi connectivity index (χ4v) is 5.36. The van der Waals surface area contributed by atoms with Crippen molar-refractivity contribution in [3.8, 4) is 11.1 Å². The summed E-state index contributed by atoms with van der Waals surface area (Å²) in [6, 6.07) is 5.85. The molecule has 0 spiro atoms. The SMILES string of the molecule is CC(=O)N1Cc2ncnc(NC(=O)C3CC(F)CN3C(=O)Cn3nc(C(N)=O)c4cc(-c5ccnnc5)ccc43)c2C1. The van der Waals surface area contributed by atoms with Gasteiger partial charge in [0.1, 0.15) is 30.9 Å². The largest absolute Gasteiger partial charge is 0.364 e. The Morgan fingerprint density at radius 3 is 2.67 bits per heavy atom. The second-order valence-corrected chi connectivity index (χ2v) is 10.1. The van der Waals surface area contributed by atoms with E-state index in [2.05, 4.69) is 30.6 Å². The number of anilines is 1. The minimum absolute atomic E-state index is 0.0297. The van der Waals surface area contributed by atoms with Gasteiger partial charge >= 0.3 is 0 Å². The number of carbonyl (C=O) groups is 4. The number of aromatic nitrogens is 6. The summed E-state index contributed by atoms with van der Waals surface area (Å²) in [6.45, 7) is 1.33. The van der Waals surface area contributed by atoms with E-state index in [0.29, 0.717) is 28.7 Å². The molecular weight excluding hydrogens is 547 g/mol. The molecule has 0 bridgehead atoms. The molecule has 42 heavy (non-hydrogen) atoms. The Hall–Kier alpha value is -5.34. The average molecular weight is 573 g/mol. The smallest absolute Gasteiger partial charge is 0.269 e. The van der Waals surface area contributed by atoms with E-state index in [1.807, 2.05) is 0 Å². The molecule has 0 saturated carbocycles. The van der Waals surface area contributed by atoms with Gasteiger partial charge in [0.05, 0.1) is 43.2 Å². The predicted octanol–water partition coefficient (Wildman–Crippen LogP) is 0.822. The van der Waals surface area contributed by atoms with Gasteiger partial charge in [0.2, 0.25) is 17.7 Å². The number of rotatable bonds is 6. The molecule has 6 rings (SSSR count). The van der Waals surface area contributed by atoms with Gasteiger partial charge in [0.15, 0.2) is 5.69 Å². The maximum absolute atomic E-state index is 14.6. The zero-order valence-corrected chi connectivity index (χ0v) is 22.4. The summed E-state index contributed by atoms with van der Waals surface area (Å²) >= 11 is 0. The highest BCUT2D eigenvalue weighted by molar-refractivity contribution is 6.05. The Bertz CT molecular complexity index is 1740. The summed E-state index contributed by atoms with van der Waals surface area (Å²) in [4.78, 5) is 61.9. The van der Waals surface area contributed by atoms with Crippen LogP contribution in [-0.2, 0) is 34.0 Å². The molecule has 214 valence electrons. The van der Waals surface area contributed by atoms with Crippen molar-refractivity contribution in [2.75, 3.05) is 11.9 Å². The van der Waals surface area contributed by atoms with E-state index < -0.39 is 29.9 Å². The van der Waals surface area contributed by atoms with E-state index in [0.717, 1.165) is 16.0 Å². The van der Waals surface area contributed by atoms with Crippen LogP contribution < -0.4 is 11.1 Å². The molecule has 2 unspecified atom stereocenters. The molecule has 15 heteroatoms. The summed E-state index contributed by atoms with van der Waals surface area (Å²) in [5.74, 6) is -1.88. The van der Waals surface area contributed by atoms with E-state index in [1.54, 1.807) is 35.4 Å².